The highest BCUT2D eigenvalue weighted by Gasteiger charge is 2.30. The third-order valence-electron chi connectivity index (χ3n) is 5.16. The molecule has 0 aromatic heterocycles. The van der Waals surface area contributed by atoms with Gasteiger partial charge < -0.3 is 15.3 Å². The van der Waals surface area contributed by atoms with Crippen LogP contribution in [0.1, 0.15) is 34.7 Å². The van der Waals surface area contributed by atoms with Crippen LogP contribution in [0.4, 0.5) is 0 Å². The Balaban J connectivity index is 2.14. The van der Waals surface area contributed by atoms with Crippen LogP contribution in [0.25, 0.3) is 0 Å². The zero-order valence-corrected chi connectivity index (χ0v) is 15.3. The van der Waals surface area contributed by atoms with Crippen LogP contribution in [-0.2, 0) is 11.8 Å². The molecule has 3 N–H and O–H groups in total. The van der Waals surface area contributed by atoms with Gasteiger partial charge in [0.05, 0.1) is 0 Å². The lowest BCUT2D eigenvalue weighted by Gasteiger charge is -2.32. The molecule has 0 saturated heterocycles. The number of aryl methyl sites for hydroxylation is 2. The maximum absolute atomic E-state index is 9.92. The van der Waals surface area contributed by atoms with E-state index in [2.05, 4.69) is 6.92 Å². The van der Waals surface area contributed by atoms with Crippen molar-refractivity contribution in [2.45, 2.75) is 32.6 Å². The molecular formula is C23H24O3. The Bertz CT molecular complexity index is 875. The minimum absolute atomic E-state index is 0.247. The fourth-order valence-electron chi connectivity index (χ4n) is 3.39. The second kappa shape index (κ2) is 6.75. The first-order chi connectivity index (χ1) is 12.3. The number of phenolic OH excluding ortho intramolecular Hbond substituents is 3. The molecule has 0 heterocycles. The summed E-state index contributed by atoms with van der Waals surface area (Å²) >= 11 is 0. The predicted molar refractivity (Wildman–Crippen MR) is 104 cm³/mol. The van der Waals surface area contributed by atoms with Crippen LogP contribution in [0.5, 0.6) is 17.2 Å². The van der Waals surface area contributed by atoms with Crippen molar-refractivity contribution in [3.8, 4) is 17.2 Å². The largest absolute Gasteiger partial charge is 0.508 e. The maximum Gasteiger partial charge on any atom is 0.118 e. The molecule has 0 spiro atoms. The van der Waals surface area contributed by atoms with Gasteiger partial charge in [0.1, 0.15) is 17.2 Å². The second-order valence-corrected chi connectivity index (χ2v) is 7.18. The van der Waals surface area contributed by atoms with E-state index in [1.54, 1.807) is 24.3 Å². The molecule has 0 unspecified atom stereocenters. The summed E-state index contributed by atoms with van der Waals surface area (Å²) in [5, 5.41) is 29.4. The molecule has 0 bridgehead atoms. The highest BCUT2D eigenvalue weighted by Crippen LogP contribution is 2.38. The number of benzene rings is 3. The van der Waals surface area contributed by atoms with Crippen molar-refractivity contribution < 1.29 is 15.3 Å². The topological polar surface area (TPSA) is 60.7 Å². The van der Waals surface area contributed by atoms with Gasteiger partial charge in [-0.3, -0.25) is 0 Å². The van der Waals surface area contributed by atoms with Gasteiger partial charge in [-0.25, -0.2) is 0 Å². The lowest BCUT2D eigenvalue weighted by molar-refractivity contribution is 0.467. The van der Waals surface area contributed by atoms with Gasteiger partial charge in [0.25, 0.3) is 0 Å². The predicted octanol–water partition coefficient (Wildman–Crippen LogP) is 4.97. The Labute approximate surface area is 154 Å². The van der Waals surface area contributed by atoms with E-state index in [-0.39, 0.29) is 22.7 Å². The Morgan fingerprint density at radius 1 is 0.692 bits per heavy atom. The first kappa shape index (κ1) is 17.9. The summed E-state index contributed by atoms with van der Waals surface area (Å²) in [4.78, 5) is 0. The summed E-state index contributed by atoms with van der Waals surface area (Å²) in [5.74, 6) is 0.807. The summed E-state index contributed by atoms with van der Waals surface area (Å²) in [6, 6.07) is 18.6. The van der Waals surface area contributed by atoms with Crippen molar-refractivity contribution >= 4 is 0 Å². The highest BCUT2D eigenvalue weighted by molar-refractivity contribution is 5.48. The molecule has 0 atom stereocenters. The van der Waals surface area contributed by atoms with Gasteiger partial charge >= 0.3 is 0 Å². The molecule has 3 aromatic rings. The van der Waals surface area contributed by atoms with Crippen LogP contribution in [0.3, 0.4) is 0 Å². The minimum Gasteiger partial charge on any atom is -0.508 e. The highest BCUT2D eigenvalue weighted by atomic mass is 16.3. The molecule has 3 rings (SSSR count). The molecule has 0 aliphatic heterocycles. The summed E-state index contributed by atoms with van der Waals surface area (Å²) < 4.78 is 0. The lowest BCUT2D eigenvalue weighted by Crippen LogP contribution is -2.27. The normalized spacial score (nSPS) is 11.5. The van der Waals surface area contributed by atoms with Crippen LogP contribution < -0.4 is 0 Å². The number of aromatic hydroxyl groups is 3. The molecule has 0 amide bonds. The SMILES string of the molecule is Cc1cc(C(C)(Cc2ccc(O)cc2)c2ccc(O)c(C)c2)ccc1O. The lowest BCUT2D eigenvalue weighted by atomic mass is 9.71. The van der Waals surface area contributed by atoms with Crippen LogP contribution in [0, 0.1) is 13.8 Å². The Kier molecular flexibility index (Phi) is 4.64. The van der Waals surface area contributed by atoms with Gasteiger partial charge in [0.2, 0.25) is 0 Å². The molecule has 3 nitrogen and oxygen atoms in total. The van der Waals surface area contributed by atoms with Crippen molar-refractivity contribution in [3.05, 3.63) is 88.5 Å². The van der Waals surface area contributed by atoms with E-state index in [1.165, 1.54) is 0 Å². The average molecular weight is 348 g/mol. The quantitative estimate of drug-likeness (QED) is 0.624. The van der Waals surface area contributed by atoms with E-state index < -0.39 is 0 Å². The van der Waals surface area contributed by atoms with Gasteiger partial charge in [-0.2, -0.15) is 0 Å². The van der Waals surface area contributed by atoms with E-state index in [0.29, 0.717) is 0 Å². The summed E-state index contributed by atoms with van der Waals surface area (Å²) in [6.07, 6.45) is 0.724. The third kappa shape index (κ3) is 3.38. The van der Waals surface area contributed by atoms with Crippen LogP contribution >= 0.6 is 0 Å². The molecule has 3 aromatic carbocycles. The summed E-state index contributed by atoms with van der Waals surface area (Å²) in [6.45, 7) is 5.95. The Morgan fingerprint density at radius 3 is 1.58 bits per heavy atom. The number of rotatable bonds is 4. The maximum atomic E-state index is 9.92. The van der Waals surface area contributed by atoms with Gasteiger partial charge in [-0.15, -0.1) is 0 Å². The molecule has 0 radical (unpaired) electrons. The molecule has 3 heteroatoms. The second-order valence-electron chi connectivity index (χ2n) is 7.18. The zero-order chi connectivity index (χ0) is 18.9. The van der Waals surface area contributed by atoms with Crippen LogP contribution in [0.15, 0.2) is 60.7 Å². The number of hydrogen-bond donors (Lipinski definition) is 3. The van der Waals surface area contributed by atoms with Crippen LogP contribution in [-0.4, -0.2) is 15.3 Å². The Hall–Kier alpha value is -2.94. The average Bonchev–Trinajstić information content (AvgIpc) is 2.61. The van der Waals surface area contributed by atoms with Gasteiger partial charge in [0, 0.05) is 5.41 Å². The fourth-order valence-corrected chi connectivity index (χ4v) is 3.39. The summed E-state index contributed by atoms with van der Waals surface area (Å²) in [7, 11) is 0. The molecule has 134 valence electrons. The molecular weight excluding hydrogens is 324 g/mol. The number of hydrogen-bond acceptors (Lipinski definition) is 3. The molecule has 0 aliphatic carbocycles. The fraction of sp³-hybridized carbons (Fsp3) is 0.217. The third-order valence-corrected chi connectivity index (χ3v) is 5.16. The molecule has 26 heavy (non-hydrogen) atoms. The zero-order valence-electron chi connectivity index (χ0n) is 15.3. The van der Waals surface area contributed by atoms with Gasteiger partial charge in [-0.05, 0) is 72.4 Å². The van der Waals surface area contributed by atoms with E-state index in [0.717, 1.165) is 34.2 Å². The summed E-state index contributed by atoms with van der Waals surface area (Å²) in [5.41, 5.74) is 4.58. The van der Waals surface area contributed by atoms with Gasteiger partial charge in [-0.1, -0.05) is 43.3 Å². The molecule has 0 aliphatic rings. The van der Waals surface area contributed by atoms with Crippen molar-refractivity contribution in [2.24, 2.45) is 0 Å². The van der Waals surface area contributed by atoms with Crippen molar-refractivity contribution in [2.75, 3.05) is 0 Å². The molecule has 0 fully saturated rings. The molecule has 0 saturated carbocycles. The minimum atomic E-state index is -0.353. The van der Waals surface area contributed by atoms with E-state index >= 15 is 0 Å². The van der Waals surface area contributed by atoms with Crippen LogP contribution in [0.2, 0.25) is 0 Å². The van der Waals surface area contributed by atoms with Crippen molar-refractivity contribution in [3.63, 3.8) is 0 Å². The smallest absolute Gasteiger partial charge is 0.118 e. The van der Waals surface area contributed by atoms with E-state index in [4.69, 9.17) is 0 Å². The van der Waals surface area contributed by atoms with E-state index in [1.807, 2.05) is 50.2 Å². The van der Waals surface area contributed by atoms with E-state index in [9.17, 15) is 15.3 Å². The van der Waals surface area contributed by atoms with Crippen molar-refractivity contribution in [1.82, 2.24) is 0 Å². The first-order valence-corrected chi connectivity index (χ1v) is 8.68. The first-order valence-electron chi connectivity index (χ1n) is 8.68. The van der Waals surface area contributed by atoms with Gasteiger partial charge in [0.15, 0.2) is 0 Å². The monoisotopic (exact) mass is 348 g/mol. The Morgan fingerprint density at radius 2 is 1.15 bits per heavy atom. The standard InChI is InChI=1S/C23H24O3/c1-15-12-18(6-10-21(15)25)23(3,14-17-4-8-20(24)9-5-17)19-7-11-22(26)16(2)13-19/h4-13,24-26H,14H2,1-3H3. The van der Waals surface area contributed by atoms with Crippen molar-refractivity contribution in [1.29, 1.82) is 0 Å². The number of phenols is 3.